The van der Waals surface area contributed by atoms with Gasteiger partial charge in [-0.15, -0.1) is 0 Å². The average Bonchev–Trinajstić information content (AvgIpc) is 2.85. The van der Waals surface area contributed by atoms with Gasteiger partial charge in [0, 0.05) is 33.8 Å². The minimum absolute atomic E-state index is 0.0462. The fourth-order valence-electron chi connectivity index (χ4n) is 3.30. The van der Waals surface area contributed by atoms with Gasteiger partial charge in [0.1, 0.15) is 0 Å². The van der Waals surface area contributed by atoms with Crippen molar-refractivity contribution in [1.29, 1.82) is 0 Å². The second-order valence-corrected chi connectivity index (χ2v) is 8.26. The normalized spacial score (nSPS) is 10.6. The van der Waals surface area contributed by atoms with Gasteiger partial charge in [-0.3, -0.25) is 9.59 Å². The Labute approximate surface area is 187 Å². The number of carbonyl (C=O) groups excluding carboxylic acids is 2. The van der Waals surface area contributed by atoms with Crippen molar-refractivity contribution < 1.29 is 9.59 Å². The van der Waals surface area contributed by atoms with Gasteiger partial charge in [-0.25, -0.2) is 0 Å². The number of hydrogen-bond acceptors (Lipinski definition) is 3. The summed E-state index contributed by atoms with van der Waals surface area (Å²) in [6.45, 7) is 0. The molecule has 0 N–H and O–H groups in total. The minimum Gasteiger partial charge on any atom is -0.289 e. The van der Waals surface area contributed by atoms with Crippen molar-refractivity contribution in [3.63, 3.8) is 0 Å². The monoisotopic (exact) mass is 422 g/mol. The van der Waals surface area contributed by atoms with E-state index >= 15 is 0 Å². The van der Waals surface area contributed by atoms with Crippen LogP contribution in [0.1, 0.15) is 43.0 Å². The van der Waals surface area contributed by atoms with Gasteiger partial charge in [0.05, 0.1) is 0 Å². The number of thioether (sulfide) groups is 1. The molecule has 4 aromatic rings. The van der Waals surface area contributed by atoms with Gasteiger partial charge in [0.2, 0.25) is 0 Å². The first kappa shape index (κ1) is 20.8. The summed E-state index contributed by atoms with van der Waals surface area (Å²) in [5, 5.41) is 0. The highest BCUT2D eigenvalue weighted by molar-refractivity contribution is 7.97. The average molecular weight is 423 g/mol. The van der Waals surface area contributed by atoms with E-state index in [9.17, 15) is 9.59 Å². The Morgan fingerprint density at radius 1 is 0.452 bits per heavy atom. The van der Waals surface area contributed by atoms with E-state index in [2.05, 4.69) is 0 Å². The van der Waals surface area contributed by atoms with E-state index < -0.39 is 0 Å². The molecule has 0 bridgehead atoms. The molecule has 2 nitrogen and oxygen atoms in total. The standard InChI is InChI=1S/C28H22O2S/c29-27(23-7-3-1-4-8-23)25-15-11-21(12-16-25)19-31-20-22-13-17-26(18-14-22)28(30)24-9-5-2-6-10-24/h1-18H,19-20H2. The van der Waals surface area contributed by atoms with Crippen LogP contribution in [0.5, 0.6) is 0 Å². The molecule has 0 aromatic heterocycles. The largest absolute Gasteiger partial charge is 0.289 e. The summed E-state index contributed by atoms with van der Waals surface area (Å²) >= 11 is 1.81. The van der Waals surface area contributed by atoms with Crippen LogP contribution in [0.15, 0.2) is 109 Å². The summed E-state index contributed by atoms with van der Waals surface area (Å²) in [6, 6.07) is 34.3. The summed E-state index contributed by atoms with van der Waals surface area (Å²) in [5.41, 5.74) is 5.20. The quantitative estimate of drug-likeness (QED) is 0.301. The highest BCUT2D eigenvalue weighted by Gasteiger charge is 2.09. The molecule has 0 aliphatic heterocycles. The van der Waals surface area contributed by atoms with Crippen LogP contribution in [0.25, 0.3) is 0 Å². The molecule has 0 saturated carbocycles. The van der Waals surface area contributed by atoms with Gasteiger partial charge >= 0.3 is 0 Å². The molecular formula is C28H22O2S. The van der Waals surface area contributed by atoms with Crippen molar-refractivity contribution >= 4 is 23.3 Å². The van der Waals surface area contributed by atoms with Crippen LogP contribution >= 0.6 is 11.8 Å². The third kappa shape index (κ3) is 5.39. The second-order valence-electron chi connectivity index (χ2n) is 7.28. The molecule has 0 spiro atoms. The molecule has 0 atom stereocenters. The molecule has 0 saturated heterocycles. The van der Waals surface area contributed by atoms with Crippen LogP contribution < -0.4 is 0 Å². The lowest BCUT2D eigenvalue weighted by molar-refractivity contribution is 0.103. The van der Waals surface area contributed by atoms with Crippen molar-refractivity contribution in [3.8, 4) is 0 Å². The zero-order valence-corrected chi connectivity index (χ0v) is 17.8. The van der Waals surface area contributed by atoms with Crippen molar-refractivity contribution in [2.24, 2.45) is 0 Å². The van der Waals surface area contributed by atoms with E-state index in [1.807, 2.05) is 121 Å². The Morgan fingerprint density at radius 2 is 0.774 bits per heavy atom. The molecule has 3 heteroatoms. The van der Waals surface area contributed by atoms with E-state index in [4.69, 9.17) is 0 Å². The molecule has 4 aromatic carbocycles. The van der Waals surface area contributed by atoms with Gasteiger partial charge in [-0.2, -0.15) is 11.8 Å². The number of carbonyl (C=O) groups is 2. The van der Waals surface area contributed by atoms with E-state index in [1.165, 1.54) is 11.1 Å². The first-order chi connectivity index (χ1) is 15.2. The summed E-state index contributed by atoms with van der Waals surface area (Å²) in [7, 11) is 0. The van der Waals surface area contributed by atoms with Crippen LogP contribution in [0, 0.1) is 0 Å². The first-order valence-corrected chi connectivity index (χ1v) is 11.3. The summed E-state index contributed by atoms with van der Waals surface area (Å²) in [6.07, 6.45) is 0. The van der Waals surface area contributed by atoms with Crippen molar-refractivity contribution in [1.82, 2.24) is 0 Å². The van der Waals surface area contributed by atoms with Gasteiger partial charge in [0.25, 0.3) is 0 Å². The third-order valence-corrected chi connectivity index (χ3v) is 6.12. The summed E-state index contributed by atoms with van der Waals surface area (Å²) in [5.74, 6) is 1.82. The zero-order valence-electron chi connectivity index (χ0n) is 17.0. The summed E-state index contributed by atoms with van der Waals surface area (Å²) in [4.78, 5) is 25.0. The van der Waals surface area contributed by atoms with Gasteiger partial charge in [0.15, 0.2) is 11.6 Å². The minimum atomic E-state index is 0.0462. The fourth-order valence-corrected chi connectivity index (χ4v) is 4.26. The van der Waals surface area contributed by atoms with E-state index in [0.717, 1.165) is 11.5 Å². The van der Waals surface area contributed by atoms with Crippen molar-refractivity contribution in [2.75, 3.05) is 0 Å². The molecular weight excluding hydrogens is 400 g/mol. The molecule has 31 heavy (non-hydrogen) atoms. The van der Waals surface area contributed by atoms with E-state index in [-0.39, 0.29) is 11.6 Å². The topological polar surface area (TPSA) is 34.1 Å². The molecule has 0 aliphatic rings. The van der Waals surface area contributed by atoms with Gasteiger partial charge in [-0.1, -0.05) is 109 Å². The number of rotatable bonds is 8. The molecule has 152 valence electrons. The lowest BCUT2D eigenvalue weighted by atomic mass is 10.0. The zero-order chi connectivity index (χ0) is 21.5. The highest BCUT2D eigenvalue weighted by atomic mass is 32.2. The Kier molecular flexibility index (Phi) is 6.75. The van der Waals surface area contributed by atoms with Crippen LogP contribution in [0.4, 0.5) is 0 Å². The molecule has 4 rings (SSSR count). The Hall–Kier alpha value is -3.43. The molecule has 0 radical (unpaired) electrons. The van der Waals surface area contributed by atoms with Crippen LogP contribution in [0.3, 0.4) is 0 Å². The van der Waals surface area contributed by atoms with Crippen LogP contribution in [0.2, 0.25) is 0 Å². The van der Waals surface area contributed by atoms with Crippen molar-refractivity contribution in [2.45, 2.75) is 11.5 Å². The van der Waals surface area contributed by atoms with E-state index in [1.54, 1.807) is 0 Å². The second kappa shape index (κ2) is 10.1. The Bertz CT molecular complexity index is 1050. The van der Waals surface area contributed by atoms with Crippen molar-refractivity contribution in [3.05, 3.63) is 143 Å². The molecule has 0 amide bonds. The molecule has 0 aliphatic carbocycles. The first-order valence-electron chi connectivity index (χ1n) is 10.2. The maximum atomic E-state index is 12.5. The maximum Gasteiger partial charge on any atom is 0.193 e. The predicted octanol–water partition coefficient (Wildman–Crippen LogP) is 6.58. The SMILES string of the molecule is O=C(c1ccccc1)c1ccc(CSCc2ccc(C(=O)c3ccccc3)cc2)cc1. The third-order valence-electron chi connectivity index (χ3n) is 5.04. The Morgan fingerprint density at radius 3 is 1.13 bits per heavy atom. The fraction of sp³-hybridized carbons (Fsp3) is 0.0714. The number of benzene rings is 4. The van der Waals surface area contributed by atoms with Crippen LogP contribution in [-0.2, 0) is 11.5 Å². The number of hydrogen-bond donors (Lipinski definition) is 0. The number of ketones is 2. The molecule has 0 fully saturated rings. The molecule has 0 heterocycles. The van der Waals surface area contributed by atoms with E-state index in [0.29, 0.717) is 22.3 Å². The Balaban J connectivity index is 1.30. The maximum absolute atomic E-state index is 12.5. The molecule has 0 unspecified atom stereocenters. The highest BCUT2D eigenvalue weighted by Crippen LogP contribution is 2.20. The smallest absolute Gasteiger partial charge is 0.193 e. The lowest BCUT2D eigenvalue weighted by Crippen LogP contribution is -2.01. The van der Waals surface area contributed by atoms with Crippen LogP contribution in [-0.4, -0.2) is 11.6 Å². The summed E-state index contributed by atoms with van der Waals surface area (Å²) < 4.78 is 0. The van der Waals surface area contributed by atoms with Gasteiger partial charge < -0.3 is 0 Å². The van der Waals surface area contributed by atoms with Gasteiger partial charge in [-0.05, 0) is 11.1 Å². The predicted molar refractivity (Wildman–Crippen MR) is 128 cm³/mol. The lowest BCUT2D eigenvalue weighted by Gasteiger charge is -2.06.